The standard InChI is InChI=1S/C10H8BrN2O/c1-7-10(8(14)6-11)13-5-3-2-4-9(13)12-7/h2-5H,1,6H2/q+1. The summed E-state index contributed by atoms with van der Waals surface area (Å²) in [5.74, 6) is -0.00583. The Balaban J connectivity index is 2.79. The summed E-state index contributed by atoms with van der Waals surface area (Å²) >= 11 is 3.14. The summed E-state index contributed by atoms with van der Waals surface area (Å²) in [7, 11) is 0. The van der Waals surface area contributed by atoms with Gasteiger partial charge >= 0.3 is 5.49 Å². The Morgan fingerprint density at radius 1 is 1.57 bits per heavy atom. The van der Waals surface area contributed by atoms with Crippen molar-refractivity contribution in [2.24, 2.45) is 4.99 Å². The van der Waals surface area contributed by atoms with Crippen molar-refractivity contribution in [3.63, 3.8) is 0 Å². The van der Waals surface area contributed by atoms with Gasteiger partial charge < -0.3 is 0 Å². The summed E-state index contributed by atoms with van der Waals surface area (Å²) in [6.07, 6.45) is 1.81. The number of hydrogen-bond donors (Lipinski definition) is 0. The highest BCUT2D eigenvalue weighted by Crippen LogP contribution is 2.07. The van der Waals surface area contributed by atoms with Gasteiger partial charge in [-0.1, -0.05) is 22.0 Å². The third-order valence-electron chi connectivity index (χ3n) is 1.99. The minimum absolute atomic E-state index is 0.00583. The fourth-order valence-corrected chi connectivity index (χ4v) is 1.67. The van der Waals surface area contributed by atoms with Crippen molar-refractivity contribution in [3.8, 4) is 0 Å². The lowest BCUT2D eigenvalue weighted by Gasteiger charge is -1.89. The highest BCUT2D eigenvalue weighted by molar-refractivity contribution is 9.09. The van der Waals surface area contributed by atoms with Gasteiger partial charge in [0, 0.05) is 6.07 Å². The van der Waals surface area contributed by atoms with Gasteiger partial charge in [-0.05, 0) is 17.6 Å². The van der Waals surface area contributed by atoms with E-state index in [-0.39, 0.29) is 11.1 Å². The minimum atomic E-state index is -0.00583. The molecule has 1 aromatic heterocycles. The smallest absolute Gasteiger partial charge is 0.289 e. The minimum Gasteiger partial charge on any atom is -0.289 e. The molecule has 0 atom stereocenters. The van der Waals surface area contributed by atoms with Crippen molar-refractivity contribution in [2.45, 2.75) is 0 Å². The van der Waals surface area contributed by atoms with Crippen molar-refractivity contribution in [1.29, 1.82) is 0 Å². The maximum atomic E-state index is 11.6. The Kier molecular flexibility index (Phi) is 2.29. The first-order chi connectivity index (χ1) is 6.74. The van der Waals surface area contributed by atoms with Crippen LogP contribution in [0.3, 0.4) is 0 Å². The molecule has 0 bridgehead atoms. The van der Waals surface area contributed by atoms with E-state index < -0.39 is 0 Å². The third-order valence-corrected chi connectivity index (χ3v) is 2.50. The number of carbonyl (C=O) groups excluding carboxylic acids is 1. The van der Waals surface area contributed by atoms with Crippen LogP contribution < -0.4 is 9.73 Å². The van der Waals surface area contributed by atoms with E-state index in [1.54, 1.807) is 4.24 Å². The lowest BCUT2D eigenvalue weighted by Crippen LogP contribution is -2.38. The van der Waals surface area contributed by atoms with Crippen LogP contribution in [0.4, 0.5) is 0 Å². The number of halogens is 1. The second-order valence-electron chi connectivity index (χ2n) is 2.89. The number of Topliss-reactive ketones (excluding diaryl/α,β-unsaturated/α-hetero) is 1. The van der Waals surface area contributed by atoms with Crippen molar-refractivity contribution < 1.29 is 9.04 Å². The number of pyridine rings is 1. The molecule has 0 aliphatic carbocycles. The van der Waals surface area contributed by atoms with E-state index >= 15 is 0 Å². The van der Waals surface area contributed by atoms with Crippen molar-refractivity contribution in [3.05, 3.63) is 47.9 Å². The molecule has 70 valence electrons. The lowest BCUT2D eigenvalue weighted by atomic mass is 10.2. The molecule has 1 aliphatic heterocycles. The zero-order valence-corrected chi connectivity index (χ0v) is 8.99. The van der Waals surface area contributed by atoms with Crippen LogP contribution >= 0.6 is 15.9 Å². The molecule has 2 rings (SSSR count). The van der Waals surface area contributed by atoms with Crippen LogP contribution in [-0.2, 0) is 4.79 Å². The molecule has 0 amide bonds. The fourth-order valence-electron chi connectivity index (χ4n) is 1.40. The van der Waals surface area contributed by atoms with Gasteiger partial charge in [0.1, 0.15) is 0 Å². The molecule has 1 aromatic rings. The van der Waals surface area contributed by atoms with E-state index in [0.717, 1.165) is 5.49 Å². The van der Waals surface area contributed by atoms with Gasteiger partial charge in [-0.3, -0.25) is 4.79 Å². The van der Waals surface area contributed by atoms with Gasteiger partial charge in [0.2, 0.25) is 17.2 Å². The number of hydrogen-bond acceptors (Lipinski definition) is 2. The molecule has 0 spiro atoms. The van der Waals surface area contributed by atoms with Gasteiger partial charge in [-0.25, -0.2) is 0 Å². The largest absolute Gasteiger partial charge is 0.329 e. The maximum Gasteiger partial charge on any atom is 0.329 e. The molecule has 0 saturated carbocycles. The van der Waals surface area contributed by atoms with Gasteiger partial charge in [0.05, 0.1) is 11.5 Å². The summed E-state index contributed by atoms with van der Waals surface area (Å²) in [6, 6.07) is 5.59. The normalized spacial score (nSPS) is 13.8. The average Bonchev–Trinajstić information content (AvgIpc) is 2.53. The number of allylic oxidation sites excluding steroid dienone is 1. The van der Waals surface area contributed by atoms with Crippen molar-refractivity contribution in [2.75, 3.05) is 5.33 Å². The molecule has 1 aliphatic rings. The third kappa shape index (κ3) is 1.32. The van der Waals surface area contributed by atoms with Gasteiger partial charge in [0.15, 0.2) is 0 Å². The Hall–Kier alpha value is -1.29. The maximum absolute atomic E-state index is 11.6. The van der Waals surface area contributed by atoms with E-state index in [4.69, 9.17) is 0 Å². The van der Waals surface area contributed by atoms with Gasteiger partial charge in [-0.15, -0.1) is 0 Å². The number of rotatable bonds is 2. The quantitative estimate of drug-likeness (QED) is 0.556. The van der Waals surface area contributed by atoms with Crippen LogP contribution in [0.2, 0.25) is 0 Å². The average molecular weight is 252 g/mol. The van der Waals surface area contributed by atoms with E-state index in [0.29, 0.717) is 11.4 Å². The topological polar surface area (TPSA) is 35.3 Å². The molecule has 0 N–H and O–H groups in total. The van der Waals surface area contributed by atoms with Crippen LogP contribution in [0.1, 0.15) is 0 Å². The molecule has 2 heterocycles. The molecule has 4 heteroatoms. The molecule has 0 aromatic carbocycles. The van der Waals surface area contributed by atoms with Crippen LogP contribution in [0.15, 0.2) is 41.7 Å². The highest BCUT2D eigenvalue weighted by atomic mass is 79.9. The zero-order valence-electron chi connectivity index (χ0n) is 7.40. The first kappa shape index (κ1) is 9.27. The summed E-state index contributed by atoms with van der Waals surface area (Å²) in [5.41, 5.74) is 1.83. The molecule has 3 nitrogen and oxygen atoms in total. The van der Waals surface area contributed by atoms with Gasteiger partial charge in [-0.2, -0.15) is 4.24 Å². The van der Waals surface area contributed by atoms with E-state index in [1.807, 2.05) is 24.4 Å². The summed E-state index contributed by atoms with van der Waals surface area (Å²) < 4.78 is 1.76. The molecular formula is C10H8BrN2O+. The summed E-state index contributed by atoms with van der Waals surface area (Å²) in [5, 5.41) is 0.290. The SMILES string of the molecule is C=C1N=c2cccc[n+]2=C1C(=O)CBr. The molecule has 0 unspecified atom stereocenters. The zero-order chi connectivity index (χ0) is 10.1. The Bertz CT molecular complexity index is 533. The van der Waals surface area contributed by atoms with Crippen LogP contribution in [0.25, 0.3) is 0 Å². The Morgan fingerprint density at radius 3 is 3.07 bits per heavy atom. The second-order valence-corrected chi connectivity index (χ2v) is 3.45. The number of alkyl halides is 1. The van der Waals surface area contributed by atoms with E-state index in [9.17, 15) is 4.79 Å². The predicted molar refractivity (Wildman–Crippen MR) is 54.4 cm³/mol. The number of aromatic nitrogens is 1. The first-order valence-corrected chi connectivity index (χ1v) is 5.24. The molecule has 0 radical (unpaired) electrons. The van der Waals surface area contributed by atoms with E-state index in [1.165, 1.54) is 0 Å². The summed E-state index contributed by atoms with van der Waals surface area (Å²) in [4.78, 5) is 15.8. The molecule has 0 fully saturated rings. The molecule has 14 heavy (non-hydrogen) atoms. The number of fused-ring (bicyclic) bond motifs is 1. The Morgan fingerprint density at radius 2 is 2.36 bits per heavy atom. The number of nitrogens with zero attached hydrogens (tertiary/aromatic N) is 2. The van der Waals surface area contributed by atoms with E-state index in [2.05, 4.69) is 27.5 Å². The predicted octanol–water partition coefficient (Wildman–Crippen LogP) is 0.465. The summed E-state index contributed by atoms with van der Waals surface area (Å²) in [6.45, 7) is 3.75. The molecule has 0 saturated heterocycles. The Labute approximate surface area is 89.3 Å². The second kappa shape index (κ2) is 3.46. The highest BCUT2D eigenvalue weighted by Gasteiger charge is 2.26. The monoisotopic (exact) mass is 251 g/mol. The van der Waals surface area contributed by atoms with Crippen LogP contribution in [-0.4, -0.2) is 11.1 Å². The molecular weight excluding hydrogens is 244 g/mol. The van der Waals surface area contributed by atoms with Crippen LogP contribution in [0.5, 0.6) is 0 Å². The van der Waals surface area contributed by atoms with Crippen LogP contribution in [0, 0.1) is 5.71 Å². The van der Waals surface area contributed by atoms with Gasteiger partial charge in [0.25, 0.3) is 0 Å². The number of carbonyl (C=O) groups is 1. The fraction of sp³-hybridized carbons (Fsp3) is 0.100. The van der Waals surface area contributed by atoms with Crippen molar-refractivity contribution >= 4 is 21.7 Å². The van der Waals surface area contributed by atoms with Crippen molar-refractivity contribution in [1.82, 2.24) is 0 Å². The number of ketones is 1. The first-order valence-electron chi connectivity index (χ1n) is 4.12. The lowest BCUT2D eigenvalue weighted by molar-refractivity contribution is -0.529.